The van der Waals surface area contributed by atoms with Crippen LogP contribution >= 0.6 is 0 Å². The Labute approximate surface area is 164 Å². The van der Waals surface area contributed by atoms with Crippen LogP contribution in [0.4, 0.5) is 15.8 Å². The molecule has 0 aromatic heterocycles. The van der Waals surface area contributed by atoms with E-state index in [1.54, 1.807) is 6.07 Å². The van der Waals surface area contributed by atoms with Crippen molar-refractivity contribution in [2.24, 2.45) is 5.92 Å². The third-order valence-corrected chi connectivity index (χ3v) is 4.84. The van der Waals surface area contributed by atoms with Crippen molar-refractivity contribution in [3.05, 3.63) is 76.6 Å². The van der Waals surface area contributed by atoms with Crippen molar-refractivity contribution in [2.75, 3.05) is 11.4 Å². The van der Waals surface area contributed by atoms with E-state index in [1.807, 2.05) is 36.4 Å². The van der Waals surface area contributed by atoms with Crippen LogP contribution in [-0.2, 0) is 9.59 Å². The third kappa shape index (κ3) is 3.52. The first-order valence-electron chi connectivity index (χ1n) is 8.88. The zero-order chi connectivity index (χ0) is 20.5. The van der Waals surface area contributed by atoms with E-state index >= 15 is 0 Å². The molecule has 1 amide bonds. The minimum absolute atomic E-state index is 0.0782. The summed E-state index contributed by atoms with van der Waals surface area (Å²) in [7, 11) is 0. The van der Waals surface area contributed by atoms with Gasteiger partial charge < -0.3 is 9.64 Å². The van der Waals surface area contributed by atoms with E-state index in [9.17, 15) is 24.1 Å². The fourth-order valence-electron chi connectivity index (χ4n) is 3.45. The molecular weight excluding hydrogens is 379 g/mol. The van der Waals surface area contributed by atoms with Crippen LogP contribution in [-0.4, -0.2) is 23.3 Å². The van der Waals surface area contributed by atoms with Gasteiger partial charge >= 0.3 is 11.7 Å². The van der Waals surface area contributed by atoms with Crippen molar-refractivity contribution in [3.8, 4) is 5.75 Å². The maximum absolute atomic E-state index is 13.5. The van der Waals surface area contributed by atoms with E-state index in [4.69, 9.17) is 4.74 Å². The monoisotopic (exact) mass is 394 g/mol. The normalized spacial score (nSPS) is 16.2. The number of rotatable bonds is 4. The Kier molecular flexibility index (Phi) is 4.67. The number of carbonyl (C=O) groups is 2. The van der Waals surface area contributed by atoms with E-state index in [-0.39, 0.29) is 18.9 Å². The molecule has 1 saturated heterocycles. The van der Waals surface area contributed by atoms with Crippen molar-refractivity contribution < 1.29 is 23.6 Å². The SMILES string of the molecule is O=C(Oc1cc(F)ccc1[N+](=O)[O-])[C@@H]1CC(=O)N(c2cccc3ccccc23)C1. The van der Waals surface area contributed by atoms with E-state index < -0.39 is 34.1 Å². The lowest BCUT2D eigenvalue weighted by Crippen LogP contribution is -2.27. The first-order valence-corrected chi connectivity index (χ1v) is 8.88. The van der Waals surface area contributed by atoms with Crippen molar-refractivity contribution in [1.29, 1.82) is 0 Å². The summed E-state index contributed by atoms with van der Waals surface area (Å²) in [6.45, 7) is 0.0782. The van der Waals surface area contributed by atoms with Crippen molar-refractivity contribution in [3.63, 3.8) is 0 Å². The lowest BCUT2D eigenvalue weighted by atomic mass is 10.1. The number of ether oxygens (including phenoxy) is 1. The largest absolute Gasteiger partial charge is 0.419 e. The molecule has 0 N–H and O–H groups in total. The number of hydrogen-bond donors (Lipinski definition) is 0. The number of carbonyl (C=O) groups excluding carboxylic acids is 2. The molecule has 0 bridgehead atoms. The molecule has 3 aromatic rings. The molecule has 1 fully saturated rings. The highest BCUT2D eigenvalue weighted by molar-refractivity contribution is 6.06. The molecule has 0 spiro atoms. The minimum Gasteiger partial charge on any atom is -0.419 e. The maximum atomic E-state index is 13.5. The summed E-state index contributed by atoms with van der Waals surface area (Å²) in [4.78, 5) is 36.9. The van der Waals surface area contributed by atoms with Crippen LogP contribution in [0.2, 0.25) is 0 Å². The topological polar surface area (TPSA) is 89.7 Å². The summed E-state index contributed by atoms with van der Waals surface area (Å²) in [5, 5.41) is 12.9. The summed E-state index contributed by atoms with van der Waals surface area (Å²) >= 11 is 0. The Morgan fingerprint density at radius 1 is 1.14 bits per heavy atom. The Hall–Kier alpha value is -3.81. The lowest BCUT2D eigenvalue weighted by molar-refractivity contribution is -0.385. The van der Waals surface area contributed by atoms with Gasteiger partial charge in [-0.1, -0.05) is 36.4 Å². The van der Waals surface area contributed by atoms with Gasteiger partial charge in [-0.15, -0.1) is 0 Å². The second kappa shape index (κ2) is 7.31. The number of hydrogen-bond acceptors (Lipinski definition) is 5. The third-order valence-electron chi connectivity index (χ3n) is 4.84. The van der Waals surface area contributed by atoms with Crippen molar-refractivity contribution in [1.82, 2.24) is 0 Å². The smallest absolute Gasteiger partial charge is 0.316 e. The van der Waals surface area contributed by atoms with Gasteiger partial charge in [0.1, 0.15) is 5.82 Å². The second-order valence-electron chi connectivity index (χ2n) is 6.69. The van der Waals surface area contributed by atoms with Gasteiger partial charge in [0.25, 0.3) is 0 Å². The van der Waals surface area contributed by atoms with Crippen molar-refractivity contribution in [2.45, 2.75) is 6.42 Å². The molecule has 3 aromatic carbocycles. The van der Waals surface area contributed by atoms with Gasteiger partial charge in [-0.05, 0) is 17.5 Å². The maximum Gasteiger partial charge on any atom is 0.316 e. The average Bonchev–Trinajstić information content (AvgIpc) is 3.09. The summed E-state index contributed by atoms with van der Waals surface area (Å²) in [6, 6.07) is 15.7. The summed E-state index contributed by atoms with van der Waals surface area (Å²) < 4.78 is 18.5. The summed E-state index contributed by atoms with van der Waals surface area (Å²) in [5.74, 6) is -3.12. The van der Waals surface area contributed by atoms with E-state index in [2.05, 4.69) is 0 Å². The van der Waals surface area contributed by atoms with Gasteiger partial charge in [-0.3, -0.25) is 19.7 Å². The van der Waals surface area contributed by atoms with Crippen LogP contribution in [0.25, 0.3) is 10.8 Å². The van der Waals surface area contributed by atoms with Crippen LogP contribution < -0.4 is 9.64 Å². The molecule has 1 atom stereocenters. The zero-order valence-corrected chi connectivity index (χ0v) is 15.1. The van der Waals surface area contributed by atoms with Crippen LogP contribution in [0.15, 0.2) is 60.7 Å². The Bertz CT molecular complexity index is 1140. The molecule has 146 valence electrons. The van der Waals surface area contributed by atoms with Crippen LogP contribution in [0, 0.1) is 21.8 Å². The average molecular weight is 394 g/mol. The molecule has 7 nitrogen and oxygen atoms in total. The van der Waals surface area contributed by atoms with Crippen LogP contribution in [0.5, 0.6) is 5.75 Å². The molecule has 0 radical (unpaired) electrons. The minimum atomic E-state index is -0.815. The molecule has 0 unspecified atom stereocenters. The number of benzene rings is 3. The molecule has 1 heterocycles. The first kappa shape index (κ1) is 18.5. The molecular formula is C21H15FN2O5. The fraction of sp³-hybridized carbons (Fsp3) is 0.143. The van der Waals surface area contributed by atoms with Gasteiger partial charge in [-0.2, -0.15) is 0 Å². The highest BCUT2D eigenvalue weighted by Gasteiger charge is 2.37. The number of esters is 1. The van der Waals surface area contributed by atoms with Gasteiger partial charge in [0.05, 0.1) is 16.5 Å². The number of nitro benzene ring substituents is 1. The first-order chi connectivity index (χ1) is 13.9. The van der Waals surface area contributed by atoms with Crippen LogP contribution in [0.3, 0.4) is 0 Å². The number of nitrogens with zero attached hydrogens (tertiary/aromatic N) is 2. The summed E-state index contributed by atoms with van der Waals surface area (Å²) in [6.07, 6.45) is -0.0921. The Morgan fingerprint density at radius 3 is 2.69 bits per heavy atom. The van der Waals surface area contributed by atoms with E-state index in [0.717, 1.165) is 29.0 Å². The standard InChI is InChI=1S/C21H15FN2O5/c22-15-8-9-18(24(27)28)19(11-15)29-21(26)14-10-20(25)23(12-14)17-7-3-5-13-4-1-2-6-16(13)17/h1-9,11,14H,10,12H2/t14-/m1/s1. The molecule has 1 aliphatic rings. The van der Waals surface area contributed by atoms with Crippen molar-refractivity contribution >= 4 is 34.0 Å². The molecule has 1 aliphatic heterocycles. The van der Waals surface area contributed by atoms with E-state index in [0.29, 0.717) is 5.69 Å². The predicted octanol–water partition coefficient (Wildman–Crippen LogP) is 3.85. The van der Waals surface area contributed by atoms with Crippen LogP contribution in [0.1, 0.15) is 6.42 Å². The Morgan fingerprint density at radius 2 is 1.90 bits per heavy atom. The summed E-state index contributed by atoms with van der Waals surface area (Å²) in [5.41, 5.74) is 0.162. The number of fused-ring (bicyclic) bond motifs is 1. The van der Waals surface area contributed by atoms with Gasteiger partial charge in [0.15, 0.2) is 0 Å². The highest BCUT2D eigenvalue weighted by Crippen LogP contribution is 2.33. The number of nitro groups is 1. The second-order valence-corrected chi connectivity index (χ2v) is 6.69. The molecule has 0 aliphatic carbocycles. The Balaban J connectivity index is 1.58. The lowest BCUT2D eigenvalue weighted by Gasteiger charge is -2.18. The number of halogens is 1. The molecule has 0 saturated carbocycles. The van der Waals surface area contributed by atoms with Gasteiger partial charge in [0, 0.05) is 30.5 Å². The molecule has 29 heavy (non-hydrogen) atoms. The quantitative estimate of drug-likeness (QED) is 0.290. The van der Waals surface area contributed by atoms with Gasteiger partial charge in [0.2, 0.25) is 11.7 Å². The van der Waals surface area contributed by atoms with E-state index in [1.165, 1.54) is 4.90 Å². The highest BCUT2D eigenvalue weighted by atomic mass is 19.1. The fourth-order valence-corrected chi connectivity index (χ4v) is 3.45. The zero-order valence-electron chi connectivity index (χ0n) is 15.1. The number of amides is 1. The molecule has 8 heteroatoms. The number of anilines is 1. The predicted molar refractivity (Wildman–Crippen MR) is 103 cm³/mol. The van der Waals surface area contributed by atoms with Gasteiger partial charge in [-0.25, -0.2) is 4.39 Å². The molecule has 4 rings (SSSR count).